The smallest absolute Gasteiger partial charge is 0.269 e. The lowest BCUT2D eigenvalue weighted by Gasteiger charge is -2.09. The van der Waals surface area contributed by atoms with Crippen molar-refractivity contribution in [3.8, 4) is 17.1 Å². The molecule has 0 N–H and O–H groups in total. The number of fused-ring (bicyclic) bond motifs is 2. The van der Waals surface area contributed by atoms with Crippen LogP contribution in [0.1, 0.15) is 0 Å². The van der Waals surface area contributed by atoms with Gasteiger partial charge in [0.2, 0.25) is 0 Å². The van der Waals surface area contributed by atoms with Gasteiger partial charge in [0, 0.05) is 27.9 Å². The molecule has 140 valence electrons. The molecule has 0 atom stereocenters. The molecule has 0 aliphatic carbocycles. The number of rotatable bonds is 3. The predicted molar refractivity (Wildman–Crippen MR) is 114 cm³/mol. The van der Waals surface area contributed by atoms with Crippen molar-refractivity contribution in [3.05, 3.63) is 87.4 Å². The van der Waals surface area contributed by atoms with Gasteiger partial charge in [0.1, 0.15) is 5.82 Å². The highest BCUT2D eigenvalue weighted by atomic mass is 79.9. The number of benzene rings is 3. The van der Waals surface area contributed by atoms with Crippen molar-refractivity contribution < 1.29 is 4.92 Å². The Morgan fingerprint density at radius 2 is 1.48 bits per heavy atom. The molecule has 0 spiro atoms. The van der Waals surface area contributed by atoms with E-state index in [2.05, 4.69) is 20.9 Å². The quantitative estimate of drug-likeness (QED) is 0.277. The lowest BCUT2D eigenvalue weighted by atomic mass is 10.2. The monoisotopic (exact) mass is 445 g/mol. The predicted octanol–water partition coefficient (Wildman–Crippen LogP) is 5.31. The lowest BCUT2D eigenvalue weighted by molar-refractivity contribution is -0.384. The first-order chi connectivity index (χ1) is 14.1. The number of hydrogen-bond donors (Lipinski definition) is 0. The van der Waals surface area contributed by atoms with Gasteiger partial charge in [-0.2, -0.15) is 0 Å². The molecule has 0 unspecified atom stereocenters. The summed E-state index contributed by atoms with van der Waals surface area (Å²) in [5, 5.41) is 11.0. The molecule has 3 aromatic carbocycles. The van der Waals surface area contributed by atoms with Gasteiger partial charge >= 0.3 is 0 Å². The van der Waals surface area contributed by atoms with Crippen LogP contribution in [0, 0.1) is 10.1 Å². The Balaban J connectivity index is 1.81. The minimum Gasteiger partial charge on any atom is -0.275 e. The van der Waals surface area contributed by atoms with Crippen LogP contribution in [0.5, 0.6) is 0 Å². The minimum absolute atomic E-state index is 0.0297. The van der Waals surface area contributed by atoms with Gasteiger partial charge in [0.25, 0.3) is 5.69 Å². The fraction of sp³-hybridized carbons (Fsp3) is 0. The van der Waals surface area contributed by atoms with Crippen LogP contribution < -0.4 is 0 Å². The van der Waals surface area contributed by atoms with Gasteiger partial charge in [-0.05, 0) is 48.5 Å². The SMILES string of the molecule is O=[N+]([O-])c1ccc(-c2nc3nc4ccccc4nc3n2-c2ccc(Br)cc2)cc1. The van der Waals surface area contributed by atoms with Crippen LogP contribution in [0.2, 0.25) is 0 Å². The van der Waals surface area contributed by atoms with Crippen molar-refractivity contribution in [2.24, 2.45) is 0 Å². The Morgan fingerprint density at radius 1 is 0.828 bits per heavy atom. The maximum absolute atomic E-state index is 11.0. The minimum atomic E-state index is -0.419. The third-order valence-corrected chi connectivity index (χ3v) is 5.12. The zero-order valence-corrected chi connectivity index (χ0v) is 16.4. The fourth-order valence-corrected chi connectivity index (χ4v) is 3.48. The molecule has 0 aliphatic rings. The Bertz CT molecular complexity index is 1380. The number of nitro benzene ring substituents is 1. The van der Waals surface area contributed by atoms with Crippen LogP contribution >= 0.6 is 15.9 Å². The van der Waals surface area contributed by atoms with E-state index in [0.717, 1.165) is 26.8 Å². The van der Waals surface area contributed by atoms with Gasteiger partial charge in [-0.15, -0.1) is 0 Å². The molecule has 8 heteroatoms. The molecule has 5 aromatic rings. The van der Waals surface area contributed by atoms with E-state index in [0.29, 0.717) is 17.1 Å². The van der Waals surface area contributed by atoms with Crippen molar-refractivity contribution in [2.45, 2.75) is 0 Å². The second-order valence-corrected chi connectivity index (χ2v) is 7.33. The molecule has 0 saturated carbocycles. The molecular formula is C21H12BrN5O2. The third-order valence-electron chi connectivity index (χ3n) is 4.59. The molecule has 0 saturated heterocycles. The molecule has 0 amide bonds. The van der Waals surface area contributed by atoms with Gasteiger partial charge in [0.15, 0.2) is 11.3 Å². The average molecular weight is 446 g/mol. The molecule has 2 aromatic heterocycles. The van der Waals surface area contributed by atoms with Crippen LogP contribution in [-0.4, -0.2) is 24.4 Å². The lowest BCUT2D eigenvalue weighted by Crippen LogP contribution is -1.99. The summed E-state index contributed by atoms with van der Waals surface area (Å²) in [6, 6.07) is 21.7. The van der Waals surface area contributed by atoms with E-state index in [-0.39, 0.29) is 5.69 Å². The Labute approximate surface area is 173 Å². The molecule has 0 fully saturated rings. The van der Waals surface area contributed by atoms with E-state index in [1.165, 1.54) is 12.1 Å². The van der Waals surface area contributed by atoms with Gasteiger partial charge in [-0.25, -0.2) is 15.0 Å². The van der Waals surface area contributed by atoms with Crippen molar-refractivity contribution in [1.82, 2.24) is 19.5 Å². The highest BCUT2D eigenvalue weighted by Gasteiger charge is 2.18. The Morgan fingerprint density at radius 3 is 2.14 bits per heavy atom. The maximum Gasteiger partial charge on any atom is 0.269 e. The first kappa shape index (κ1) is 17.4. The van der Waals surface area contributed by atoms with E-state index in [4.69, 9.17) is 9.97 Å². The second kappa shape index (κ2) is 6.75. The summed E-state index contributed by atoms with van der Waals surface area (Å²) < 4.78 is 2.88. The second-order valence-electron chi connectivity index (χ2n) is 6.41. The number of nitrogens with zero attached hydrogens (tertiary/aromatic N) is 5. The first-order valence-electron chi connectivity index (χ1n) is 8.76. The number of imidazole rings is 1. The fourth-order valence-electron chi connectivity index (χ4n) is 3.22. The standard InChI is InChI=1S/C21H12BrN5O2/c22-14-7-11-15(12-8-14)26-20(13-5-9-16(10-6-13)27(28)29)25-19-21(26)24-18-4-2-1-3-17(18)23-19/h1-12H. The first-order valence-corrected chi connectivity index (χ1v) is 9.55. The third kappa shape index (κ3) is 3.03. The van der Waals surface area contributed by atoms with Gasteiger partial charge in [-0.3, -0.25) is 14.7 Å². The molecule has 7 nitrogen and oxygen atoms in total. The summed E-state index contributed by atoms with van der Waals surface area (Å²) in [5.41, 5.74) is 4.31. The summed E-state index contributed by atoms with van der Waals surface area (Å²) in [6.45, 7) is 0. The zero-order chi connectivity index (χ0) is 20.0. The maximum atomic E-state index is 11.0. The number of nitro groups is 1. The van der Waals surface area contributed by atoms with E-state index >= 15 is 0 Å². The van der Waals surface area contributed by atoms with Crippen molar-refractivity contribution in [3.63, 3.8) is 0 Å². The number of aromatic nitrogens is 4. The van der Waals surface area contributed by atoms with Gasteiger partial charge < -0.3 is 0 Å². The van der Waals surface area contributed by atoms with Crippen molar-refractivity contribution in [1.29, 1.82) is 0 Å². The van der Waals surface area contributed by atoms with Crippen LogP contribution in [0.25, 0.3) is 39.4 Å². The highest BCUT2D eigenvalue weighted by molar-refractivity contribution is 9.10. The molecule has 0 radical (unpaired) electrons. The summed E-state index contributed by atoms with van der Waals surface area (Å²) in [5.74, 6) is 0.618. The Hall–Kier alpha value is -3.65. The van der Waals surface area contributed by atoms with Gasteiger partial charge in [0.05, 0.1) is 16.0 Å². The topological polar surface area (TPSA) is 86.7 Å². The average Bonchev–Trinajstić information content (AvgIpc) is 3.11. The number of hydrogen-bond acceptors (Lipinski definition) is 5. The van der Waals surface area contributed by atoms with E-state index in [1.807, 2.05) is 53.1 Å². The highest BCUT2D eigenvalue weighted by Crippen LogP contribution is 2.29. The summed E-state index contributed by atoms with van der Waals surface area (Å²) in [4.78, 5) is 24.7. The number of para-hydroxylation sites is 2. The zero-order valence-electron chi connectivity index (χ0n) is 14.9. The van der Waals surface area contributed by atoms with Crippen LogP contribution in [-0.2, 0) is 0 Å². The summed E-state index contributed by atoms with van der Waals surface area (Å²) in [7, 11) is 0. The molecular weight excluding hydrogens is 434 g/mol. The van der Waals surface area contributed by atoms with Gasteiger partial charge in [-0.1, -0.05) is 28.1 Å². The summed E-state index contributed by atoms with van der Waals surface area (Å²) >= 11 is 3.46. The van der Waals surface area contributed by atoms with Crippen LogP contribution in [0.3, 0.4) is 0 Å². The Kier molecular flexibility index (Phi) is 4.06. The van der Waals surface area contributed by atoms with E-state index in [9.17, 15) is 10.1 Å². The summed E-state index contributed by atoms with van der Waals surface area (Å²) in [6.07, 6.45) is 0. The van der Waals surface area contributed by atoms with Crippen molar-refractivity contribution in [2.75, 3.05) is 0 Å². The number of non-ortho nitro benzene ring substituents is 1. The van der Waals surface area contributed by atoms with E-state index in [1.54, 1.807) is 12.1 Å². The normalized spacial score (nSPS) is 11.2. The van der Waals surface area contributed by atoms with Crippen LogP contribution in [0.4, 0.5) is 5.69 Å². The van der Waals surface area contributed by atoms with Crippen LogP contribution in [0.15, 0.2) is 77.3 Å². The molecule has 0 aliphatic heterocycles. The van der Waals surface area contributed by atoms with Crippen molar-refractivity contribution >= 4 is 43.9 Å². The molecule has 29 heavy (non-hydrogen) atoms. The van der Waals surface area contributed by atoms with E-state index < -0.39 is 4.92 Å². The number of halogens is 1. The molecule has 0 bridgehead atoms. The largest absolute Gasteiger partial charge is 0.275 e. The molecule has 5 rings (SSSR count). The molecule has 2 heterocycles.